The zero-order valence-corrected chi connectivity index (χ0v) is 10.4. The van der Waals surface area contributed by atoms with Crippen LogP contribution in [-0.4, -0.2) is 19.9 Å². The zero-order chi connectivity index (χ0) is 12.7. The van der Waals surface area contributed by atoms with Crippen LogP contribution in [0, 0.1) is 6.92 Å². The topological polar surface area (TPSA) is 80.5 Å². The van der Waals surface area contributed by atoms with Gasteiger partial charge in [-0.1, -0.05) is 11.6 Å². The second-order valence-corrected chi connectivity index (χ2v) is 4.41. The molecule has 90 valence electrons. The van der Waals surface area contributed by atoms with E-state index in [1.807, 2.05) is 25.1 Å². The van der Waals surface area contributed by atoms with E-state index in [-0.39, 0.29) is 0 Å². The van der Waals surface area contributed by atoms with Gasteiger partial charge >= 0.3 is 0 Å². The fourth-order valence-electron chi connectivity index (χ4n) is 1.78. The summed E-state index contributed by atoms with van der Waals surface area (Å²) in [4.78, 5) is 15.5. The van der Waals surface area contributed by atoms with Gasteiger partial charge < -0.3 is 10.7 Å². The Bertz CT molecular complexity index is 734. The van der Waals surface area contributed by atoms with Crippen LogP contribution in [-0.2, 0) is 0 Å². The monoisotopic (exact) mass is 259 g/mol. The fraction of sp³-hybridized carbons (Fsp3) is 0.0833. The predicted octanol–water partition coefficient (Wildman–Crippen LogP) is 2.56. The molecule has 1 aromatic carbocycles. The molecule has 2 aromatic heterocycles. The minimum atomic E-state index is 0.393. The number of anilines is 1. The average molecular weight is 260 g/mol. The average Bonchev–Trinajstić information content (AvgIpc) is 2.78. The summed E-state index contributed by atoms with van der Waals surface area (Å²) in [6, 6.07) is 5.70. The number of nitrogens with zero attached hydrogens (tertiary/aromatic N) is 3. The van der Waals surface area contributed by atoms with Gasteiger partial charge in [-0.05, 0) is 30.7 Å². The molecule has 6 heteroatoms. The summed E-state index contributed by atoms with van der Waals surface area (Å²) in [7, 11) is 0. The lowest BCUT2D eigenvalue weighted by Gasteiger charge is -2.00. The standard InChI is InChI=1S/C12H10ClN5/c1-6-4-7(2-3-8(6)13)11-17-9-10(14)15-5-16-12(9)18-11/h2-5H,1H3,(H3,14,15,16,17,18). The van der Waals surface area contributed by atoms with E-state index in [4.69, 9.17) is 17.3 Å². The summed E-state index contributed by atoms with van der Waals surface area (Å²) in [5, 5.41) is 0.731. The molecule has 0 bridgehead atoms. The molecule has 3 N–H and O–H groups in total. The van der Waals surface area contributed by atoms with Crippen molar-refractivity contribution in [2.45, 2.75) is 6.92 Å². The Labute approximate surface area is 108 Å². The van der Waals surface area contributed by atoms with Crippen molar-refractivity contribution in [1.29, 1.82) is 0 Å². The summed E-state index contributed by atoms with van der Waals surface area (Å²) in [6.07, 6.45) is 1.40. The highest BCUT2D eigenvalue weighted by atomic mass is 35.5. The van der Waals surface area contributed by atoms with E-state index in [1.165, 1.54) is 6.33 Å². The molecule has 0 unspecified atom stereocenters. The minimum absolute atomic E-state index is 0.393. The first-order valence-electron chi connectivity index (χ1n) is 5.38. The van der Waals surface area contributed by atoms with Crippen molar-refractivity contribution in [3.05, 3.63) is 35.1 Å². The van der Waals surface area contributed by atoms with Gasteiger partial charge in [-0.25, -0.2) is 15.0 Å². The van der Waals surface area contributed by atoms with E-state index in [1.54, 1.807) is 0 Å². The van der Waals surface area contributed by atoms with Gasteiger partial charge in [0.15, 0.2) is 11.5 Å². The predicted molar refractivity (Wildman–Crippen MR) is 71.3 cm³/mol. The van der Waals surface area contributed by atoms with Gasteiger partial charge in [0.05, 0.1) is 0 Å². The second-order valence-electron chi connectivity index (χ2n) is 4.01. The molecule has 18 heavy (non-hydrogen) atoms. The van der Waals surface area contributed by atoms with Gasteiger partial charge in [0.1, 0.15) is 17.7 Å². The van der Waals surface area contributed by atoms with Crippen molar-refractivity contribution < 1.29 is 0 Å². The van der Waals surface area contributed by atoms with Crippen LogP contribution in [0.2, 0.25) is 5.02 Å². The molecule has 0 aliphatic rings. The van der Waals surface area contributed by atoms with Crippen molar-refractivity contribution in [3.8, 4) is 11.4 Å². The van der Waals surface area contributed by atoms with Gasteiger partial charge in [0.25, 0.3) is 0 Å². The van der Waals surface area contributed by atoms with E-state index < -0.39 is 0 Å². The number of nitrogens with two attached hydrogens (primary N) is 1. The molecule has 0 amide bonds. The summed E-state index contributed by atoms with van der Waals surface area (Å²) >= 11 is 6.00. The van der Waals surface area contributed by atoms with Crippen LogP contribution in [0.4, 0.5) is 5.82 Å². The third-order valence-corrected chi connectivity index (χ3v) is 3.17. The number of imidazole rings is 1. The van der Waals surface area contributed by atoms with Gasteiger partial charge in [-0.3, -0.25) is 0 Å². The molecule has 0 atom stereocenters. The lowest BCUT2D eigenvalue weighted by molar-refractivity contribution is 1.21. The highest BCUT2D eigenvalue weighted by Gasteiger charge is 2.09. The molecule has 0 aliphatic heterocycles. The number of H-pyrrole nitrogens is 1. The molecule has 3 rings (SSSR count). The maximum absolute atomic E-state index is 6.00. The van der Waals surface area contributed by atoms with E-state index in [2.05, 4.69) is 19.9 Å². The largest absolute Gasteiger partial charge is 0.382 e. The Balaban J connectivity index is 2.19. The number of benzene rings is 1. The number of fused-ring (bicyclic) bond motifs is 1. The smallest absolute Gasteiger partial charge is 0.183 e. The normalized spacial score (nSPS) is 11.0. The van der Waals surface area contributed by atoms with Crippen LogP contribution in [0.25, 0.3) is 22.6 Å². The maximum atomic E-state index is 6.00. The molecule has 5 nitrogen and oxygen atoms in total. The van der Waals surface area contributed by atoms with Crippen molar-refractivity contribution in [2.75, 3.05) is 5.73 Å². The third kappa shape index (κ3) is 1.69. The number of hydrogen-bond donors (Lipinski definition) is 2. The molecule has 0 aliphatic carbocycles. The maximum Gasteiger partial charge on any atom is 0.183 e. The molecule has 0 saturated heterocycles. The van der Waals surface area contributed by atoms with Gasteiger partial charge in [-0.2, -0.15) is 0 Å². The lowest BCUT2D eigenvalue weighted by atomic mass is 10.1. The molecule has 0 spiro atoms. The third-order valence-electron chi connectivity index (χ3n) is 2.75. The Morgan fingerprint density at radius 1 is 1.28 bits per heavy atom. The van der Waals surface area contributed by atoms with Crippen molar-refractivity contribution in [2.24, 2.45) is 0 Å². The van der Waals surface area contributed by atoms with Gasteiger partial charge in [0, 0.05) is 10.6 Å². The summed E-state index contributed by atoms with van der Waals surface area (Å²) in [5.41, 5.74) is 8.90. The first kappa shape index (κ1) is 11.0. The Hall–Kier alpha value is -2.14. The van der Waals surface area contributed by atoms with Crippen LogP contribution in [0.1, 0.15) is 5.56 Å². The molecular formula is C12H10ClN5. The number of nitrogens with one attached hydrogen (secondary N) is 1. The first-order chi connectivity index (χ1) is 8.65. The van der Waals surface area contributed by atoms with Crippen molar-refractivity contribution in [3.63, 3.8) is 0 Å². The van der Waals surface area contributed by atoms with Crippen LogP contribution in [0.15, 0.2) is 24.5 Å². The molecule has 0 fully saturated rings. The van der Waals surface area contributed by atoms with Gasteiger partial charge in [-0.15, -0.1) is 0 Å². The van der Waals surface area contributed by atoms with Crippen LogP contribution in [0.3, 0.4) is 0 Å². The Kier molecular flexibility index (Phi) is 2.41. The highest BCUT2D eigenvalue weighted by Crippen LogP contribution is 2.25. The minimum Gasteiger partial charge on any atom is -0.382 e. The molecule has 2 heterocycles. The van der Waals surface area contributed by atoms with E-state index in [0.29, 0.717) is 22.8 Å². The first-order valence-corrected chi connectivity index (χ1v) is 5.75. The van der Waals surface area contributed by atoms with Crippen LogP contribution >= 0.6 is 11.6 Å². The molecule has 0 saturated carbocycles. The zero-order valence-electron chi connectivity index (χ0n) is 9.61. The van der Waals surface area contributed by atoms with Crippen molar-refractivity contribution in [1.82, 2.24) is 19.9 Å². The molecule has 3 aromatic rings. The summed E-state index contributed by atoms with van der Waals surface area (Å²) in [5.74, 6) is 1.10. The Morgan fingerprint density at radius 3 is 2.83 bits per heavy atom. The highest BCUT2D eigenvalue weighted by molar-refractivity contribution is 6.31. The number of halogens is 1. The Morgan fingerprint density at radius 2 is 2.11 bits per heavy atom. The van der Waals surface area contributed by atoms with Crippen molar-refractivity contribution >= 4 is 28.6 Å². The number of aryl methyl sites for hydroxylation is 1. The van der Waals surface area contributed by atoms with E-state index >= 15 is 0 Å². The number of aromatic amines is 1. The fourth-order valence-corrected chi connectivity index (χ4v) is 1.89. The van der Waals surface area contributed by atoms with E-state index in [9.17, 15) is 0 Å². The van der Waals surface area contributed by atoms with Gasteiger partial charge in [0.2, 0.25) is 0 Å². The SMILES string of the molecule is Cc1cc(-c2nc3ncnc(N)c3[nH]2)ccc1Cl. The van der Waals surface area contributed by atoms with Crippen LogP contribution in [0.5, 0.6) is 0 Å². The number of rotatable bonds is 1. The number of aromatic nitrogens is 4. The summed E-state index contributed by atoms with van der Waals surface area (Å²) < 4.78 is 0. The van der Waals surface area contributed by atoms with E-state index in [0.717, 1.165) is 16.1 Å². The molecule has 0 radical (unpaired) electrons. The second kappa shape index (κ2) is 3.96. The lowest BCUT2D eigenvalue weighted by Crippen LogP contribution is -1.91. The summed E-state index contributed by atoms with van der Waals surface area (Å²) in [6.45, 7) is 1.95. The number of nitrogen functional groups attached to an aromatic ring is 1. The number of hydrogen-bond acceptors (Lipinski definition) is 4. The quantitative estimate of drug-likeness (QED) is 0.704. The van der Waals surface area contributed by atoms with Crippen LogP contribution < -0.4 is 5.73 Å². The molecular weight excluding hydrogens is 250 g/mol.